The van der Waals surface area contributed by atoms with Crippen LogP contribution >= 0.6 is 0 Å². The second kappa shape index (κ2) is 9.12. The molecule has 0 aromatic heterocycles. The average Bonchev–Trinajstić information content (AvgIpc) is 2.72. The Bertz CT molecular complexity index is 845. The molecule has 0 atom stereocenters. The normalized spacial score (nSPS) is 14.9. The third-order valence-corrected chi connectivity index (χ3v) is 5.96. The molecule has 6 nitrogen and oxygen atoms in total. The van der Waals surface area contributed by atoms with E-state index in [9.17, 15) is 13.2 Å². The van der Waals surface area contributed by atoms with Crippen molar-refractivity contribution < 1.29 is 17.9 Å². The van der Waals surface area contributed by atoms with Crippen LogP contribution in [0, 0.1) is 0 Å². The Morgan fingerprint density at radius 2 is 1.67 bits per heavy atom. The molecule has 2 aromatic carbocycles. The predicted octanol–water partition coefficient (Wildman–Crippen LogP) is 2.07. The monoisotopic (exact) mass is 388 g/mol. The minimum absolute atomic E-state index is 0.0990. The van der Waals surface area contributed by atoms with E-state index in [0.29, 0.717) is 38.4 Å². The Kier molecular flexibility index (Phi) is 6.60. The molecule has 1 heterocycles. The van der Waals surface area contributed by atoms with Crippen molar-refractivity contribution in [2.75, 3.05) is 32.8 Å². The van der Waals surface area contributed by atoms with Crippen LogP contribution in [-0.2, 0) is 21.2 Å². The van der Waals surface area contributed by atoms with E-state index in [1.54, 1.807) is 17.0 Å². The fourth-order valence-corrected chi connectivity index (χ4v) is 4.03. The number of rotatable bonds is 7. The van der Waals surface area contributed by atoms with E-state index in [0.717, 1.165) is 12.8 Å². The number of nitrogens with one attached hydrogen (secondary N) is 1. The molecule has 1 amide bonds. The number of carbonyl (C=O) groups is 1. The van der Waals surface area contributed by atoms with Crippen molar-refractivity contribution in [3.63, 3.8) is 0 Å². The molecule has 27 heavy (non-hydrogen) atoms. The number of nitrogens with zero attached hydrogens (tertiary/aromatic N) is 1. The highest BCUT2D eigenvalue weighted by atomic mass is 32.2. The highest BCUT2D eigenvalue weighted by Gasteiger charge is 2.19. The molecule has 1 N–H and O–H groups in total. The third-order valence-electron chi connectivity index (χ3n) is 4.49. The molecule has 2 aromatic rings. The molecule has 0 spiro atoms. The van der Waals surface area contributed by atoms with Gasteiger partial charge in [0, 0.05) is 25.2 Å². The highest BCUT2D eigenvalue weighted by molar-refractivity contribution is 7.89. The standard InChI is InChI=1S/C20H24N2O4S/c23-20(22-13-15-26-16-14-22)18-8-10-19(11-9-18)27(24,25)21-12-4-7-17-5-2-1-3-6-17/h1-3,5-6,8-11,21H,4,7,12-16H2. The maximum absolute atomic E-state index is 12.4. The molecular formula is C20H24N2O4S. The van der Waals surface area contributed by atoms with E-state index in [1.165, 1.54) is 17.7 Å². The van der Waals surface area contributed by atoms with E-state index in [-0.39, 0.29) is 10.8 Å². The number of hydrogen-bond donors (Lipinski definition) is 1. The maximum atomic E-state index is 12.4. The fourth-order valence-electron chi connectivity index (χ4n) is 2.95. The summed E-state index contributed by atoms with van der Waals surface area (Å²) in [5, 5.41) is 0. The van der Waals surface area contributed by atoms with Crippen molar-refractivity contribution in [3.8, 4) is 0 Å². The molecule has 0 aliphatic carbocycles. The van der Waals surface area contributed by atoms with Gasteiger partial charge < -0.3 is 9.64 Å². The van der Waals surface area contributed by atoms with Crippen LogP contribution in [0.2, 0.25) is 0 Å². The summed E-state index contributed by atoms with van der Waals surface area (Å²) in [6, 6.07) is 16.0. The first-order valence-corrected chi connectivity index (χ1v) is 10.6. The average molecular weight is 388 g/mol. The lowest BCUT2D eigenvalue weighted by molar-refractivity contribution is 0.0303. The number of amides is 1. The summed E-state index contributed by atoms with van der Waals surface area (Å²) in [6.07, 6.45) is 1.53. The van der Waals surface area contributed by atoms with E-state index in [4.69, 9.17) is 4.74 Å². The highest BCUT2D eigenvalue weighted by Crippen LogP contribution is 2.13. The van der Waals surface area contributed by atoms with Crippen LogP contribution in [-0.4, -0.2) is 52.1 Å². The molecule has 7 heteroatoms. The maximum Gasteiger partial charge on any atom is 0.254 e. The molecule has 0 unspecified atom stereocenters. The lowest BCUT2D eigenvalue weighted by Gasteiger charge is -2.26. The molecule has 1 aliphatic heterocycles. The van der Waals surface area contributed by atoms with E-state index < -0.39 is 10.0 Å². The van der Waals surface area contributed by atoms with Crippen LogP contribution in [0.15, 0.2) is 59.5 Å². The summed E-state index contributed by atoms with van der Waals surface area (Å²) in [6.45, 7) is 2.55. The molecule has 0 bridgehead atoms. The molecule has 3 rings (SSSR count). The van der Waals surface area contributed by atoms with Crippen molar-refractivity contribution >= 4 is 15.9 Å². The zero-order chi connectivity index (χ0) is 19.1. The number of sulfonamides is 1. The van der Waals surface area contributed by atoms with Crippen molar-refractivity contribution in [2.24, 2.45) is 0 Å². The molecule has 0 radical (unpaired) electrons. The molecule has 0 saturated carbocycles. The Morgan fingerprint density at radius 1 is 1.00 bits per heavy atom. The third kappa shape index (κ3) is 5.38. The van der Waals surface area contributed by atoms with Crippen LogP contribution in [0.5, 0.6) is 0 Å². The largest absolute Gasteiger partial charge is 0.378 e. The van der Waals surface area contributed by atoms with Gasteiger partial charge in [0.15, 0.2) is 0 Å². The second-order valence-electron chi connectivity index (χ2n) is 6.42. The van der Waals surface area contributed by atoms with Crippen molar-refractivity contribution in [1.82, 2.24) is 9.62 Å². The number of benzene rings is 2. The zero-order valence-electron chi connectivity index (χ0n) is 15.1. The minimum Gasteiger partial charge on any atom is -0.378 e. The van der Waals surface area contributed by atoms with Gasteiger partial charge in [-0.3, -0.25) is 4.79 Å². The van der Waals surface area contributed by atoms with Gasteiger partial charge in [-0.15, -0.1) is 0 Å². The second-order valence-corrected chi connectivity index (χ2v) is 8.18. The van der Waals surface area contributed by atoms with Crippen molar-refractivity contribution in [3.05, 3.63) is 65.7 Å². The van der Waals surface area contributed by atoms with E-state index in [1.807, 2.05) is 30.3 Å². The number of carbonyl (C=O) groups excluding carboxylic acids is 1. The van der Waals surface area contributed by atoms with Gasteiger partial charge in [0.2, 0.25) is 10.0 Å². The summed E-state index contributed by atoms with van der Waals surface area (Å²) in [4.78, 5) is 14.3. The molecule has 1 aliphatic rings. The summed E-state index contributed by atoms with van der Waals surface area (Å²) in [7, 11) is -3.58. The van der Waals surface area contributed by atoms with Crippen LogP contribution in [0.1, 0.15) is 22.3 Å². The first kappa shape index (κ1) is 19.5. The van der Waals surface area contributed by atoms with Gasteiger partial charge in [0.1, 0.15) is 0 Å². The summed E-state index contributed by atoms with van der Waals surface area (Å²) in [5.41, 5.74) is 1.67. The molecule has 144 valence electrons. The van der Waals surface area contributed by atoms with Crippen LogP contribution in [0.3, 0.4) is 0 Å². The number of aryl methyl sites for hydroxylation is 1. The lowest BCUT2D eigenvalue weighted by atomic mass is 10.1. The van der Waals surface area contributed by atoms with E-state index in [2.05, 4.69) is 4.72 Å². The van der Waals surface area contributed by atoms with Gasteiger partial charge in [-0.05, 0) is 42.7 Å². The van der Waals surface area contributed by atoms with Crippen LogP contribution in [0.25, 0.3) is 0 Å². The summed E-state index contributed by atoms with van der Waals surface area (Å²) >= 11 is 0. The zero-order valence-corrected chi connectivity index (χ0v) is 16.0. The van der Waals surface area contributed by atoms with Gasteiger partial charge in [-0.1, -0.05) is 30.3 Å². The van der Waals surface area contributed by atoms with Crippen molar-refractivity contribution in [1.29, 1.82) is 0 Å². The quantitative estimate of drug-likeness (QED) is 0.737. The van der Waals surface area contributed by atoms with Gasteiger partial charge in [-0.25, -0.2) is 13.1 Å². The first-order chi connectivity index (χ1) is 13.1. The Labute approximate surface area is 160 Å². The Morgan fingerprint density at radius 3 is 2.33 bits per heavy atom. The first-order valence-electron chi connectivity index (χ1n) is 9.07. The van der Waals surface area contributed by atoms with Gasteiger partial charge in [0.25, 0.3) is 5.91 Å². The topological polar surface area (TPSA) is 75.7 Å². The molecule has 1 fully saturated rings. The summed E-state index contributed by atoms with van der Waals surface area (Å²) < 4.78 is 32.7. The number of ether oxygens (including phenoxy) is 1. The van der Waals surface area contributed by atoms with Gasteiger partial charge >= 0.3 is 0 Å². The van der Waals surface area contributed by atoms with Gasteiger partial charge in [-0.2, -0.15) is 0 Å². The molecular weight excluding hydrogens is 364 g/mol. The SMILES string of the molecule is O=C(c1ccc(S(=O)(=O)NCCCc2ccccc2)cc1)N1CCOCC1. The lowest BCUT2D eigenvalue weighted by Crippen LogP contribution is -2.40. The Balaban J connectivity index is 1.54. The Hall–Kier alpha value is -2.22. The smallest absolute Gasteiger partial charge is 0.254 e. The predicted molar refractivity (Wildman–Crippen MR) is 103 cm³/mol. The van der Waals surface area contributed by atoms with Crippen LogP contribution < -0.4 is 4.72 Å². The fraction of sp³-hybridized carbons (Fsp3) is 0.350. The van der Waals surface area contributed by atoms with Gasteiger partial charge in [0.05, 0.1) is 18.1 Å². The number of morpholine rings is 1. The molecule has 1 saturated heterocycles. The van der Waals surface area contributed by atoms with E-state index >= 15 is 0 Å². The van der Waals surface area contributed by atoms with Crippen LogP contribution in [0.4, 0.5) is 0 Å². The van der Waals surface area contributed by atoms with Crippen molar-refractivity contribution in [2.45, 2.75) is 17.7 Å². The summed E-state index contributed by atoms with van der Waals surface area (Å²) in [5.74, 6) is -0.0990. The minimum atomic E-state index is -3.58. The number of hydrogen-bond acceptors (Lipinski definition) is 4.